The minimum Gasteiger partial charge on any atom is -0.465 e. The monoisotopic (exact) mass is 226 g/mol. The number of rotatable bonds is 5. The van der Waals surface area contributed by atoms with Gasteiger partial charge in [0.2, 0.25) is 0 Å². The summed E-state index contributed by atoms with van der Waals surface area (Å²) in [5.41, 5.74) is 0.893. The Bertz CT molecular complexity index is 323. The zero-order valence-electron chi connectivity index (χ0n) is 8.83. The largest absolute Gasteiger partial charge is 0.465 e. The van der Waals surface area contributed by atoms with Crippen LogP contribution in [-0.2, 0) is 16.0 Å². The summed E-state index contributed by atoms with van der Waals surface area (Å²) in [4.78, 5) is 11.3. The van der Waals surface area contributed by atoms with Gasteiger partial charge < -0.3 is 4.74 Å². The summed E-state index contributed by atoms with van der Waals surface area (Å²) >= 11 is 5.80. The molecule has 0 amide bonds. The van der Waals surface area contributed by atoms with Gasteiger partial charge in [0.25, 0.3) is 0 Å². The zero-order chi connectivity index (χ0) is 11.1. The first kappa shape index (κ1) is 12.1. The minimum atomic E-state index is -0.189. The number of ether oxygens (including phenoxy) is 1. The van der Waals surface area contributed by atoms with Gasteiger partial charge in [-0.1, -0.05) is 37.1 Å². The Morgan fingerprint density at radius 3 is 2.93 bits per heavy atom. The number of carbonyl (C=O) groups is 1. The van der Waals surface area contributed by atoms with E-state index in [1.165, 1.54) is 0 Å². The Hall–Kier alpha value is -1.02. The Morgan fingerprint density at radius 2 is 2.27 bits per heavy atom. The Morgan fingerprint density at radius 1 is 1.47 bits per heavy atom. The molecule has 82 valence electrons. The van der Waals surface area contributed by atoms with Crippen molar-refractivity contribution in [2.75, 3.05) is 6.61 Å². The molecule has 0 bridgehead atoms. The van der Waals surface area contributed by atoms with Crippen molar-refractivity contribution in [2.24, 2.45) is 0 Å². The van der Waals surface area contributed by atoms with Crippen molar-refractivity contribution in [2.45, 2.75) is 26.2 Å². The second-order valence-corrected chi connectivity index (χ2v) is 3.82. The predicted octanol–water partition coefficient (Wildman–Crippen LogP) is 3.23. The summed E-state index contributed by atoms with van der Waals surface area (Å²) in [6.07, 6.45) is 2.25. The van der Waals surface area contributed by atoms with Gasteiger partial charge in [0.05, 0.1) is 13.0 Å². The second kappa shape index (κ2) is 6.46. The summed E-state index contributed by atoms with van der Waals surface area (Å²) in [5, 5.41) is 0.647. The van der Waals surface area contributed by atoms with Crippen molar-refractivity contribution in [3.8, 4) is 0 Å². The summed E-state index contributed by atoms with van der Waals surface area (Å²) in [6, 6.07) is 7.26. The third-order valence-electron chi connectivity index (χ3n) is 2.00. The highest BCUT2D eigenvalue weighted by molar-refractivity contribution is 6.30. The quantitative estimate of drug-likeness (QED) is 0.569. The zero-order valence-corrected chi connectivity index (χ0v) is 9.59. The van der Waals surface area contributed by atoms with Crippen LogP contribution < -0.4 is 0 Å². The lowest BCUT2D eigenvalue weighted by Gasteiger charge is -2.03. The summed E-state index contributed by atoms with van der Waals surface area (Å²) in [5.74, 6) is -0.189. The molecule has 15 heavy (non-hydrogen) atoms. The normalized spacial score (nSPS) is 10.0. The van der Waals surface area contributed by atoms with Gasteiger partial charge in [-0.3, -0.25) is 4.79 Å². The van der Waals surface area contributed by atoms with Crippen LogP contribution in [0.1, 0.15) is 25.3 Å². The number of hydrogen-bond acceptors (Lipinski definition) is 2. The van der Waals surface area contributed by atoms with Crippen LogP contribution in [0.2, 0.25) is 5.02 Å². The topological polar surface area (TPSA) is 26.3 Å². The average Bonchev–Trinajstić information content (AvgIpc) is 2.18. The predicted molar refractivity (Wildman–Crippen MR) is 61.0 cm³/mol. The fourth-order valence-corrected chi connectivity index (χ4v) is 1.41. The molecule has 0 aliphatic rings. The van der Waals surface area contributed by atoms with Crippen molar-refractivity contribution in [3.63, 3.8) is 0 Å². The molecule has 0 saturated heterocycles. The number of benzene rings is 1. The Balaban J connectivity index is 2.37. The lowest BCUT2D eigenvalue weighted by Crippen LogP contribution is -2.08. The Labute approximate surface area is 95.2 Å². The molecule has 0 unspecified atom stereocenters. The highest BCUT2D eigenvalue weighted by atomic mass is 35.5. The first-order valence-corrected chi connectivity index (χ1v) is 5.50. The van der Waals surface area contributed by atoms with E-state index in [0.29, 0.717) is 18.1 Å². The molecule has 1 aromatic rings. The van der Waals surface area contributed by atoms with Gasteiger partial charge in [0.15, 0.2) is 0 Å². The van der Waals surface area contributed by atoms with Gasteiger partial charge in [-0.05, 0) is 24.1 Å². The summed E-state index contributed by atoms with van der Waals surface area (Å²) in [6.45, 7) is 2.57. The van der Waals surface area contributed by atoms with Gasteiger partial charge in [0.1, 0.15) is 0 Å². The third kappa shape index (κ3) is 4.84. The van der Waals surface area contributed by atoms with Gasteiger partial charge in [-0.15, -0.1) is 0 Å². The van der Waals surface area contributed by atoms with E-state index in [4.69, 9.17) is 16.3 Å². The summed E-state index contributed by atoms with van der Waals surface area (Å²) in [7, 11) is 0. The van der Waals surface area contributed by atoms with Gasteiger partial charge >= 0.3 is 5.97 Å². The molecule has 0 aliphatic carbocycles. The van der Waals surface area contributed by atoms with Gasteiger partial charge in [0, 0.05) is 5.02 Å². The first-order chi connectivity index (χ1) is 7.22. The van der Waals surface area contributed by atoms with Crippen LogP contribution in [0, 0.1) is 0 Å². The minimum absolute atomic E-state index is 0.189. The van der Waals surface area contributed by atoms with E-state index in [1.54, 1.807) is 12.1 Å². The molecule has 0 fully saturated rings. The number of hydrogen-bond donors (Lipinski definition) is 0. The average molecular weight is 227 g/mol. The van der Waals surface area contributed by atoms with Crippen molar-refractivity contribution < 1.29 is 9.53 Å². The molecule has 0 atom stereocenters. The molecule has 0 saturated carbocycles. The van der Waals surface area contributed by atoms with Crippen molar-refractivity contribution in [3.05, 3.63) is 34.9 Å². The van der Waals surface area contributed by atoms with E-state index in [-0.39, 0.29) is 5.97 Å². The van der Waals surface area contributed by atoms with E-state index in [9.17, 15) is 4.79 Å². The molecular formula is C12H15ClO2. The molecule has 0 aromatic heterocycles. The molecule has 0 aliphatic heterocycles. The van der Waals surface area contributed by atoms with Gasteiger partial charge in [-0.25, -0.2) is 0 Å². The molecule has 0 heterocycles. The number of unbranched alkanes of at least 4 members (excludes halogenated alkanes) is 1. The van der Waals surface area contributed by atoms with E-state index >= 15 is 0 Å². The molecule has 3 heteroatoms. The van der Waals surface area contributed by atoms with Crippen LogP contribution >= 0.6 is 11.6 Å². The molecule has 0 spiro atoms. The van der Waals surface area contributed by atoms with E-state index in [2.05, 4.69) is 6.92 Å². The number of halogens is 1. The highest BCUT2D eigenvalue weighted by Crippen LogP contribution is 2.11. The standard InChI is InChI=1S/C12H15ClO2/c1-2-3-7-15-12(14)9-10-5-4-6-11(13)8-10/h4-6,8H,2-3,7,9H2,1H3. The van der Waals surface area contributed by atoms with E-state index < -0.39 is 0 Å². The van der Waals surface area contributed by atoms with Crippen LogP contribution in [0.5, 0.6) is 0 Å². The van der Waals surface area contributed by atoms with Crippen LogP contribution in [0.15, 0.2) is 24.3 Å². The van der Waals surface area contributed by atoms with Crippen molar-refractivity contribution in [1.29, 1.82) is 0 Å². The maximum absolute atomic E-state index is 11.3. The number of esters is 1. The van der Waals surface area contributed by atoms with E-state index in [0.717, 1.165) is 18.4 Å². The fraction of sp³-hybridized carbons (Fsp3) is 0.417. The maximum atomic E-state index is 11.3. The van der Waals surface area contributed by atoms with Crippen molar-refractivity contribution >= 4 is 17.6 Å². The van der Waals surface area contributed by atoms with Crippen LogP contribution in [0.4, 0.5) is 0 Å². The SMILES string of the molecule is CCCCOC(=O)Cc1cccc(Cl)c1. The van der Waals surface area contributed by atoms with Crippen molar-refractivity contribution in [1.82, 2.24) is 0 Å². The lowest BCUT2D eigenvalue weighted by molar-refractivity contribution is -0.142. The molecule has 0 radical (unpaired) electrons. The second-order valence-electron chi connectivity index (χ2n) is 3.38. The highest BCUT2D eigenvalue weighted by Gasteiger charge is 2.04. The van der Waals surface area contributed by atoms with Crippen LogP contribution in [0.3, 0.4) is 0 Å². The van der Waals surface area contributed by atoms with Crippen LogP contribution in [0.25, 0.3) is 0 Å². The smallest absolute Gasteiger partial charge is 0.310 e. The van der Waals surface area contributed by atoms with Gasteiger partial charge in [-0.2, -0.15) is 0 Å². The van der Waals surface area contributed by atoms with Crippen LogP contribution in [-0.4, -0.2) is 12.6 Å². The van der Waals surface area contributed by atoms with E-state index in [1.807, 2.05) is 12.1 Å². The molecule has 1 rings (SSSR count). The fourth-order valence-electron chi connectivity index (χ4n) is 1.19. The Kier molecular flexibility index (Phi) is 5.19. The molecule has 1 aromatic carbocycles. The molecule has 0 N–H and O–H groups in total. The molecule has 2 nitrogen and oxygen atoms in total. The third-order valence-corrected chi connectivity index (χ3v) is 2.23. The number of carbonyl (C=O) groups excluding carboxylic acids is 1. The molecular weight excluding hydrogens is 212 g/mol. The first-order valence-electron chi connectivity index (χ1n) is 5.12. The maximum Gasteiger partial charge on any atom is 0.310 e. The lowest BCUT2D eigenvalue weighted by atomic mass is 10.1. The summed E-state index contributed by atoms with van der Waals surface area (Å²) < 4.78 is 5.04.